The van der Waals surface area contributed by atoms with Crippen molar-refractivity contribution in [3.05, 3.63) is 39.5 Å². The number of anilines is 1. The average Bonchev–Trinajstić information content (AvgIpc) is 2.41. The van der Waals surface area contributed by atoms with E-state index in [1.54, 1.807) is 32.0 Å². The van der Waals surface area contributed by atoms with Crippen LogP contribution in [0.25, 0.3) is 0 Å². The molecule has 0 aliphatic carbocycles. The summed E-state index contributed by atoms with van der Waals surface area (Å²) in [5.41, 5.74) is 0.436. The molecular formula is C14H15BrClNO4. The molecule has 0 saturated carbocycles. The van der Waals surface area contributed by atoms with E-state index in [0.717, 1.165) is 0 Å². The summed E-state index contributed by atoms with van der Waals surface area (Å²) in [5.74, 6) is -1.48. The van der Waals surface area contributed by atoms with E-state index in [2.05, 4.69) is 21.2 Å². The summed E-state index contributed by atoms with van der Waals surface area (Å²) in [6.45, 7) is 3.65. The van der Waals surface area contributed by atoms with E-state index in [9.17, 15) is 9.59 Å². The standard InChI is InChI=1S/C14H15BrClNO4/c1-3-20-13(18)10(14(19)21-4-2)8-17-12-6-5-9(16)7-11(12)15/h5-8,17H,3-4H2,1-2H3. The number of carbonyl (C=O) groups excluding carboxylic acids is 2. The summed E-state index contributed by atoms with van der Waals surface area (Å²) in [5, 5.41) is 3.41. The van der Waals surface area contributed by atoms with Crippen molar-refractivity contribution >= 4 is 45.2 Å². The molecule has 0 saturated heterocycles. The van der Waals surface area contributed by atoms with Crippen molar-refractivity contribution in [3.8, 4) is 0 Å². The lowest BCUT2D eigenvalue weighted by Gasteiger charge is -2.09. The van der Waals surface area contributed by atoms with E-state index < -0.39 is 11.9 Å². The Bertz CT molecular complexity index is 540. The van der Waals surface area contributed by atoms with Gasteiger partial charge in [0.05, 0.1) is 18.9 Å². The molecule has 0 unspecified atom stereocenters. The summed E-state index contributed by atoms with van der Waals surface area (Å²) in [4.78, 5) is 23.5. The molecule has 1 aromatic carbocycles. The molecule has 0 radical (unpaired) electrons. The topological polar surface area (TPSA) is 64.6 Å². The Hall–Kier alpha value is -1.53. The first-order chi connectivity index (χ1) is 9.99. The minimum Gasteiger partial charge on any atom is -0.462 e. The smallest absolute Gasteiger partial charge is 0.347 e. The molecule has 7 heteroatoms. The summed E-state index contributed by atoms with van der Waals surface area (Å²) >= 11 is 9.17. The molecule has 0 fully saturated rings. The molecular weight excluding hydrogens is 362 g/mol. The lowest BCUT2D eigenvalue weighted by molar-refractivity contribution is -0.146. The van der Waals surface area contributed by atoms with Crippen LogP contribution in [0.1, 0.15) is 13.8 Å². The molecule has 21 heavy (non-hydrogen) atoms. The van der Waals surface area contributed by atoms with E-state index in [-0.39, 0.29) is 18.8 Å². The number of benzene rings is 1. The maximum Gasteiger partial charge on any atom is 0.347 e. The van der Waals surface area contributed by atoms with Gasteiger partial charge in [0.15, 0.2) is 5.57 Å². The van der Waals surface area contributed by atoms with Gasteiger partial charge in [0.25, 0.3) is 0 Å². The number of hydrogen-bond acceptors (Lipinski definition) is 5. The maximum absolute atomic E-state index is 11.8. The fourth-order valence-corrected chi connectivity index (χ4v) is 2.17. The normalized spacial score (nSPS) is 9.71. The molecule has 0 bridgehead atoms. The van der Waals surface area contributed by atoms with E-state index >= 15 is 0 Å². The zero-order chi connectivity index (χ0) is 15.8. The Kier molecular flexibility index (Phi) is 7.25. The van der Waals surface area contributed by atoms with E-state index in [0.29, 0.717) is 15.2 Å². The van der Waals surface area contributed by atoms with Crippen LogP contribution in [0, 0.1) is 0 Å². The van der Waals surface area contributed by atoms with Crippen LogP contribution in [0.4, 0.5) is 5.69 Å². The van der Waals surface area contributed by atoms with Gasteiger partial charge >= 0.3 is 11.9 Å². The Morgan fingerprint density at radius 2 is 1.81 bits per heavy atom. The molecule has 0 heterocycles. The fraction of sp³-hybridized carbons (Fsp3) is 0.286. The summed E-state index contributed by atoms with van der Waals surface area (Å²) in [7, 11) is 0. The van der Waals surface area contributed by atoms with Gasteiger partial charge in [0.1, 0.15) is 0 Å². The van der Waals surface area contributed by atoms with Crippen molar-refractivity contribution in [1.29, 1.82) is 0 Å². The highest BCUT2D eigenvalue weighted by molar-refractivity contribution is 9.10. The van der Waals surface area contributed by atoms with Gasteiger partial charge in [0, 0.05) is 15.7 Å². The minimum absolute atomic E-state index is 0.167. The summed E-state index contributed by atoms with van der Waals surface area (Å²) in [6.07, 6.45) is 1.25. The Balaban J connectivity index is 2.96. The molecule has 0 amide bonds. The van der Waals surface area contributed by atoms with Gasteiger partial charge in [0.2, 0.25) is 0 Å². The van der Waals surface area contributed by atoms with Crippen molar-refractivity contribution in [2.24, 2.45) is 0 Å². The van der Waals surface area contributed by atoms with Crippen LogP contribution in [-0.4, -0.2) is 25.2 Å². The minimum atomic E-state index is -0.742. The van der Waals surface area contributed by atoms with Gasteiger partial charge < -0.3 is 14.8 Å². The van der Waals surface area contributed by atoms with Crippen LogP contribution < -0.4 is 5.32 Å². The molecule has 0 aliphatic rings. The quantitative estimate of drug-likeness (QED) is 0.356. The second-order valence-electron chi connectivity index (χ2n) is 3.77. The fourth-order valence-electron chi connectivity index (χ4n) is 1.38. The lowest BCUT2D eigenvalue weighted by Crippen LogP contribution is -2.19. The Morgan fingerprint density at radius 1 is 1.24 bits per heavy atom. The third-order valence-corrected chi connectivity index (χ3v) is 3.19. The number of halogens is 2. The summed E-state index contributed by atoms with van der Waals surface area (Å²) < 4.78 is 10.3. The summed E-state index contributed by atoms with van der Waals surface area (Å²) in [6, 6.07) is 5.07. The predicted octanol–water partition coefficient (Wildman–Crippen LogP) is 3.52. The zero-order valence-corrected chi connectivity index (χ0v) is 14.0. The Labute approximate surface area is 136 Å². The number of nitrogens with one attached hydrogen (secondary N) is 1. The van der Waals surface area contributed by atoms with Crippen LogP contribution in [0.15, 0.2) is 34.4 Å². The number of rotatable bonds is 6. The van der Waals surface area contributed by atoms with Crippen LogP contribution in [0.2, 0.25) is 5.02 Å². The number of ether oxygens (including phenoxy) is 2. The van der Waals surface area contributed by atoms with Crippen molar-refractivity contribution in [3.63, 3.8) is 0 Å². The first-order valence-corrected chi connectivity index (χ1v) is 7.42. The Morgan fingerprint density at radius 3 is 2.29 bits per heavy atom. The molecule has 5 nitrogen and oxygen atoms in total. The highest BCUT2D eigenvalue weighted by Crippen LogP contribution is 2.26. The van der Waals surface area contributed by atoms with Gasteiger partial charge in [-0.1, -0.05) is 11.6 Å². The molecule has 0 aromatic heterocycles. The second kappa shape index (κ2) is 8.69. The third kappa shape index (κ3) is 5.40. The molecule has 0 aliphatic heterocycles. The monoisotopic (exact) mass is 375 g/mol. The van der Waals surface area contributed by atoms with Crippen LogP contribution in [-0.2, 0) is 19.1 Å². The van der Waals surface area contributed by atoms with Gasteiger partial charge in [-0.25, -0.2) is 9.59 Å². The van der Waals surface area contributed by atoms with Crippen LogP contribution in [0.3, 0.4) is 0 Å². The number of esters is 2. The van der Waals surface area contributed by atoms with Gasteiger partial charge in [-0.15, -0.1) is 0 Å². The van der Waals surface area contributed by atoms with Gasteiger partial charge in [-0.3, -0.25) is 0 Å². The second-order valence-corrected chi connectivity index (χ2v) is 5.06. The number of hydrogen-bond donors (Lipinski definition) is 1. The molecule has 0 spiro atoms. The van der Waals surface area contributed by atoms with Gasteiger partial charge in [-0.2, -0.15) is 0 Å². The van der Waals surface area contributed by atoms with E-state index in [1.165, 1.54) is 6.20 Å². The predicted molar refractivity (Wildman–Crippen MR) is 84.1 cm³/mol. The largest absolute Gasteiger partial charge is 0.462 e. The lowest BCUT2D eigenvalue weighted by atomic mass is 10.2. The van der Waals surface area contributed by atoms with Crippen molar-refractivity contribution < 1.29 is 19.1 Å². The van der Waals surface area contributed by atoms with Gasteiger partial charge in [-0.05, 0) is 48.0 Å². The first kappa shape index (κ1) is 17.5. The van der Waals surface area contributed by atoms with Crippen LogP contribution >= 0.6 is 27.5 Å². The average molecular weight is 377 g/mol. The molecule has 1 aromatic rings. The maximum atomic E-state index is 11.8. The molecule has 0 atom stereocenters. The molecule has 1 N–H and O–H groups in total. The van der Waals surface area contributed by atoms with E-state index in [4.69, 9.17) is 21.1 Å². The number of carbonyl (C=O) groups is 2. The first-order valence-electron chi connectivity index (χ1n) is 6.25. The third-order valence-electron chi connectivity index (χ3n) is 2.29. The highest BCUT2D eigenvalue weighted by Gasteiger charge is 2.21. The zero-order valence-electron chi connectivity index (χ0n) is 11.6. The van der Waals surface area contributed by atoms with E-state index in [1.807, 2.05) is 0 Å². The SMILES string of the molecule is CCOC(=O)C(=CNc1ccc(Cl)cc1Br)C(=O)OCC. The van der Waals surface area contributed by atoms with Crippen molar-refractivity contribution in [2.75, 3.05) is 18.5 Å². The van der Waals surface area contributed by atoms with Crippen molar-refractivity contribution in [2.45, 2.75) is 13.8 Å². The van der Waals surface area contributed by atoms with Crippen molar-refractivity contribution in [1.82, 2.24) is 0 Å². The molecule has 114 valence electrons. The van der Waals surface area contributed by atoms with Crippen LogP contribution in [0.5, 0.6) is 0 Å². The molecule has 1 rings (SSSR count). The highest BCUT2D eigenvalue weighted by atomic mass is 79.9.